The van der Waals surface area contributed by atoms with Gasteiger partial charge in [0.1, 0.15) is 6.04 Å². The first-order chi connectivity index (χ1) is 10.3. The molecule has 0 saturated heterocycles. The molecule has 22 heavy (non-hydrogen) atoms. The normalized spacial score (nSPS) is 11.6. The maximum absolute atomic E-state index is 12.0. The minimum atomic E-state index is -0.773. The van der Waals surface area contributed by atoms with Crippen LogP contribution in [-0.2, 0) is 9.53 Å². The van der Waals surface area contributed by atoms with Crippen molar-refractivity contribution in [2.24, 2.45) is 11.7 Å². The number of amides is 3. The van der Waals surface area contributed by atoms with Crippen LogP contribution in [0.5, 0.6) is 0 Å². The molecule has 0 radical (unpaired) electrons. The average Bonchev–Trinajstić information content (AvgIpc) is 2.45. The highest BCUT2D eigenvalue weighted by molar-refractivity contribution is 6.01. The van der Waals surface area contributed by atoms with Crippen molar-refractivity contribution in [2.45, 2.75) is 26.3 Å². The molecule has 1 unspecified atom stereocenters. The van der Waals surface area contributed by atoms with Gasteiger partial charge in [-0.2, -0.15) is 0 Å². The zero-order valence-corrected chi connectivity index (χ0v) is 12.9. The molecule has 1 atom stereocenters. The van der Waals surface area contributed by atoms with Gasteiger partial charge in [0.2, 0.25) is 5.91 Å². The van der Waals surface area contributed by atoms with Gasteiger partial charge in [-0.3, -0.25) is 4.79 Å². The Labute approximate surface area is 129 Å². The van der Waals surface area contributed by atoms with E-state index >= 15 is 0 Å². The molecular formula is C15H21N3O4. The molecule has 0 fully saturated rings. The number of rotatable bonds is 6. The molecule has 3 amide bonds. The molecule has 0 bridgehead atoms. The number of nitrogens with one attached hydrogen (secondary N) is 2. The second-order valence-electron chi connectivity index (χ2n) is 5.22. The lowest BCUT2D eigenvalue weighted by molar-refractivity contribution is -0.120. The molecule has 1 aromatic carbocycles. The van der Waals surface area contributed by atoms with Gasteiger partial charge in [-0.15, -0.1) is 0 Å². The number of hydrogen-bond donors (Lipinski definition) is 3. The van der Waals surface area contributed by atoms with Gasteiger partial charge in [-0.1, -0.05) is 26.0 Å². The van der Waals surface area contributed by atoms with E-state index in [0.717, 1.165) is 0 Å². The second-order valence-corrected chi connectivity index (χ2v) is 5.22. The van der Waals surface area contributed by atoms with Gasteiger partial charge in [0.25, 0.3) is 0 Å². The summed E-state index contributed by atoms with van der Waals surface area (Å²) in [5.74, 6) is -0.977. The Hall–Kier alpha value is -2.57. The monoisotopic (exact) mass is 307 g/mol. The number of para-hydroxylation sites is 1. The Bertz CT molecular complexity index is 557. The van der Waals surface area contributed by atoms with Gasteiger partial charge in [0.15, 0.2) is 0 Å². The van der Waals surface area contributed by atoms with Gasteiger partial charge in [-0.25, -0.2) is 9.59 Å². The third-order valence-corrected chi connectivity index (χ3v) is 2.94. The van der Waals surface area contributed by atoms with E-state index in [4.69, 9.17) is 5.73 Å². The van der Waals surface area contributed by atoms with Gasteiger partial charge in [0, 0.05) is 0 Å². The van der Waals surface area contributed by atoms with Crippen LogP contribution >= 0.6 is 0 Å². The summed E-state index contributed by atoms with van der Waals surface area (Å²) >= 11 is 0. The van der Waals surface area contributed by atoms with E-state index in [2.05, 4.69) is 15.4 Å². The van der Waals surface area contributed by atoms with Gasteiger partial charge in [0.05, 0.1) is 18.4 Å². The van der Waals surface area contributed by atoms with E-state index < -0.39 is 23.9 Å². The van der Waals surface area contributed by atoms with Crippen LogP contribution in [-0.4, -0.2) is 31.1 Å². The van der Waals surface area contributed by atoms with Crippen LogP contribution in [0.3, 0.4) is 0 Å². The topological polar surface area (TPSA) is 111 Å². The van der Waals surface area contributed by atoms with E-state index in [0.29, 0.717) is 12.1 Å². The molecular weight excluding hydrogens is 286 g/mol. The Morgan fingerprint density at radius 3 is 2.41 bits per heavy atom. The number of ether oxygens (including phenoxy) is 1. The number of esters is 1. The highest BCUT2D eigenvalue weighted by Gasteiger charge is 2.20. The zero-order valence-electron chi connectivity index (χ0n) is 12.9. The second kappa shape index (κ2) is 8.02. The van der Waals surface area contributed by atoms with Crippen LogP contribution < -0.4 is 16.4 Å². The highest BCUT2D eigenvalue weighted by atomic mass is 16.5. The minimum absolute atomic E-state index is 0.195. The van der Waals surface area contributed by atoms with Gasteiger partial charge >= 0.3 is 12.0 Å². The van der Waals surface area contributed by atoms with Crippen molar-refractivity contribution in [1.82, 2.24) is 5.32 Å². The predicted molar refractivity (Wildman–Crippen MR) is 82.4 cm³/mol. The molecule has 0 aliphatic heterocycles. The SMILES string of the molecule is COC(=O)c1ccccc1NC(=O)NC(CC(C)C)C(N)=O. The van der Waals surface area contributed by atoms with Crippen LogP contribution in [0.15, 0.2) is 24.3 Å². The fourth-order valence-corrected chi connectivity index (χ4v) is 1.91. The standard InChI is InChI=1S/C15H21N3O4/c1-9(2)8-12(13(16)19)18-15(21)17-11-7-5-4-6-10(11)14(20)22-3/h4-7,9,12H,8H2,1-3H3,(H2,16,19)(H2,17,18,21). The number of hydrogen-bond acceptors (Lipinski definition) is 4. The van der Waals surface area contributed by atoms with Crippen molar-refractivity contribution < 1.29 is 19.1 Å². The summed E-state index contributed by atoms with van der Waals surface area (Å²) in [5.41, 5.74) is 5.78. The van der Waals surface area contributed by atoms with E-state index in [-0.39, 0.29) is 11.5 Å². The largest absolute Gasteiger partial charge is 0.465 e. The molecule has 0 spiro atoms. The summed E-state index contributed by atoms with van der Waals surface area (Å²) in [6, 6.07) is 5.03. The summed E-state index contributed by atoms with van der Waals surface area (Å²) in [7, 11) is 1.25. The van der Waals surface area contributed by atoms with Crippen LogP contribution in [0, 0.1) is 5.92 Å². The molecule has 0 aliphatic rings. The molecule has 1 rings (SSSR count). The van der Waals surface area contributed by atoms with Crippen molar-refractivity contribution in [2.75, 3.05) is 12.4 Å². The Morgan fingerprint density at radius 2 is 1.86 bits per heavy atom. The van der Waals surface area contributed by atoms with Crippen LogP contribution in [0.4, 0.5) is 10.5 Å². The first-order valence-electron chi connectivity index (χ1n) is 6.89. The fourth-order valence-electron chi connectivity index (χ4n) is 1.91. The molecule has 0 heterocycles. The number of anilines is 1. The predicted octanol–water partition coefficient (Wildman–Crippen LogP) is 1.49. The van der Waals surface area contributed by atoms with E-state index in [1.165, 1.54) is 13.2 Å². The first-order valence-corrected chi connectivity index (χ1v) is 6.89. The molecule has 120 valence electrons. The molecule has 0 aromatic heterocycles. The van der Waals surface area contributed by atoms with E-state index in [9.17, 15) is 14.4 Å². The van der Waals surface area contributed by atoms with Crippen molar-refractivity contribution in [3.63, 3.8) is 0 Å². The smallest absolute Gasteiger partial charge is 0.339 e. The summed E-state index contributed by atoms with van der Waals surface area (Å²) < 4.78 is 4.65. The average molecular weight is 307 g/mol. The van der Waals surface area contributed by atoms with E-state index in [1.807, 2.05) is 13.8 Å². The third kappa shape index (κ3) is 5.08. The summed E-state index contributed by atoms with van der Waals surface area (Å²) in [6.45, 7) is 3.84. The Kier molecular flexibility index (Phi) is 6.37. The maximum atomic E-state index is 12.0. The lowest BCUT2D eigenvalue weighted by Gasteiger charge is -2.18. The fraction of sp³-hybridized carbons (Fsp3) is 0.400. The summed E-state index contributed by atoms with van der Waals surface area (Å²) in [5, 5.41) is 5.03. The van der Waals surface area contributed by atoms with E-state index in [1.54, 1.807) is 18.2 Å². The van der Waals surface area contributed by atoms with Crippen molar-refractivity contribution in [3.05, 3.63) is 29.8 Å². The number of carbonyl (C=O) groups is 3. The summed E-state index contributed by atoms with van der Waals surface area (Å²) in [4.78, 5) is 35.0. The van der Waals surface area contributed by atoms with Gasteiger partial charge < -0.3 is 21.1 Å². The number of methoxy groups -OCH3 is 1. The molecule has 7 nitrogen and oxygen atoms in total. The zero-order chi connectivity index (χ0) is 16.7. The molecule has 0 saturated carbocycles. The minimum Gasteiger partial charge on any atom is -0.465 e. The van der Waals surface area contributed by atoms with Crippen LogP contribution in [0.2, 0.25) is 0 Å². The van der Waals surface area contributed by atoms with Crippen molar-refractivity contribution >= 4 is 23.6 Å². The number of carbonyl (C=O) groups excluding carboxylic acids is 3. The maximum Gasteiger partial charge on any atom is 0.339 e. The molecule has 1 aromatic rings. The Balaban J connectivity index is 2.80. The van der Waals surface area contributed by atoms with Gasteiger partial charge in [-0.05, 0) is 24.5 Å². The van der Waals surface area contributed by atoms with Crippen molar-refractivity contribution in [3.8, 4) is 0 Å². The number of nitrogens with two attached hydrogens (primary N) is 1. The molecule has 4 N–H and O–H groups in total. The number of benzene rings is 1. The quantitative estimate of drug-likeness (QED) is 0.691. The lowest BCUT2D eigenvalue weighted by atomic mass is 10.0. The first kappa shape index (κ1) is 17.5. The lowest BCUT2D eigenvalue weighted by Crippen LogP contribution is -2.46. The number of primary amides is 1. The third-order valence-electron chi connectivity index (χ3n) is 2.94. The Morgan fingerprint density at radius 1 is 1.23 bits per heavy atom. The van der Waals surface area contributed by atoms with Crippen LogP contribution in [0.1, 0.15) is 30.6 Å². The van der Waals surface area contributed by atoms with Crippen molar-refractivity contribution in [1.29, 1.82) is 0 Å². The molecule has 7 heteroatoms. The summed E-state index contributed by atoms with van der Waals surface area (Å²) in [6.07, 6.45) is 0.432. The number of urea groups is 1. The highest BCUT2D eigenvalue weighted by Crippen LogP contribution is 2.16. The van der Waals surface area contributed by atoms with Crippen LogP contribution in [0.25, 0.3) is 0 Å². The molecule has 0 aliphatic carbocycles.